The number of aromatic nitrogens is 2. The van der Waals surface area contributed by atoms with Crippen LogP contribution in [0.5, 0.6) is 0 Å². The number of rotatable bonds is 9. The number of aryl methyl sites for hydroxylation is 1. The molecular weight excluding hydrogens is 290 g/mol. The van der Waals surface area contributed by atoms with Crippen molar-refractivity contribution in [1.29, 1.82) is 0 Å². The fraction of sp³-hybridized carbons (Fsp3) is 0.733. The monoisotopic (exact) mass is 315 g/mol. The summed E-state index contributed by atoms with van der Waals surface area (Å²) in [5.74, 6) is 0. The van der Waals surface area contributed by atoms with Gasteiger partial charge in [0.2, 0.25) is 0 Å². The number of hydrogen-bond donors (Lipinski definition) is 2. The average Bonchev–Trinajstić information content (AvgIpc) is 2.46. The smallest absolute Gasteiger partial charge is 0.287 e. The van der Waals surface area contributed by atoms with E-state index in [9.17, 15) is 4.79 Å². The molecule has 120 valence electrons. The van der Waals surface area contributed by atoms with E-state index in [0.717, 1.165) is 25.7 Å². The second-order valence-corrected chi connectivity index (χ2v) is 6.48. The third kappa shape index (κ3) is 5.67. The topological polar surface area (TPSA) is 67.2 Å². The summed E-state index contributed by atoms with van der Waals surface area (Å²) < 4.78 is 1.41. The highest BCUT2D eigenvalue weighted by Gasteiger charge is 2.18. The average molecular weight is 316 g/mol. The van der Waals surface area contributed by atoms with Crippen LogP contribution in [0.15, 0.2) is 11.0 Å². The molecule has 0 radical (unpaired) electrons. The molecule has 0 saturated heterocycles. The minimum absolute atomic E-state index is 0.0170. The Hall–Kier alpha value is -1.07. The Morgan fingerprint density at radius 1 is 1.43 bits per heavy atom. The van der Waals surface area contributed by atoms with Crippen LogP contribution in [0.4, 0.5) is 5.69 Å². The normalized spacial score (nSPS) is 11.7. The number of nitrogens with one attached hydrogen (secondary N) is 1. The molecule has 5 nitrogen and oxygen atoms in total. The molecule has 6 heteroatoms. The Bertz CT molecular complexity index is 500. The lowest BCUT2D eigenvalue weighted by molar-refractivity contribution is 0.248. The lowest BCUT2D eigenvalue weighted by atomic mass is 9.88. The SMILES string of the molecule is CCCCn1ncc(NCC(C)(C)CCCO)c(Cl)c1=O. The van der Waals surface area contributed by atoms with E-state index in [1.807, 2.05) is 0 Å². The van der Waals surface area contributed by atoms with Gasteiger partial charge in [-0.15, -0.1) is 0 Å². The van der Waals surface area contributed by atoms with Crippen molar-refractivity contribution < 1.29 is 5.11 Å². The lowest BCUT2D eigenvalue weighted by Crippen LogP contribution is -2.27. The van der Waals surface area contributed by atoms with Crippen LogP contribution in [-0.4, -0.2) is 28.0 Å². The number of aliphatic hydroxyl groups excluding tert-OH is 1. The number of nitrogens with zero attached hydrogens (tertiary/aromatic N) is 2. The van der Waals surface area contributed by atoms with Crippen molar-refractivity contribution in [2.75, 3.05) is 18.5 Å². The van der Waals surface area contributed by atoms with Crippen LogP contribution in [0.3, 0.4) is 0 Å². The van der Waals surface area contributed by atoms with Crippen molar-refractivity contribution in [3.05, 3.63) is 21.6 Å². The van der Waals surface area contributed by atoms with Gasteiger partial charge < -0.3 is 10.4 Å². The van der Waals surface area contributed by atoms with Crippen molar-refractivity contribution in [2.45, 2.75) is 53.0 Å². The van der Waals surface area contributed by atoms with E-state index in [0.29, 0.717) is 18.8 Å². The van der Waals surface area contributed by atoms with Gasteiger partial charge in [-0.05, 0) is 24.7 Å². The Morgan fingerprint density at radius 2 is 2.14 bits per heavy atom. The molecule has 1 aromatic rings. The molecule has 0 atom stereocenters. The first kappa shape index (κ1) is 18.0. The molecule has 0 aromatic carbocycles. The van der Waals surface area contributed by atoms with Crippen LogP contribution in [0.1, 0.15) is 46.5 Å². The van der Waals surface area contributed by atoms with Crippen LogP contribution in [0.25, 0.3) is 0 Å². The Balaban J connectivity index is 2.72. The number of unbranched alkanes of at least 4 members (excludes halogenated alkanes) is 1. The summed E-state index contributed by atoms with van der Waals surface area (Å²) in [6.07, 6.45) is 5.19. The standard InChI is InChI=1S/C15H26ClN3O2/c1-4-5-8-19-14(21)13(16)12(10-18-19)17-11-15(2,3)7-6-9-20/h10,17,20H,4-9,11H2,1-3H3. The highest BCUT2D eigenvalue weighted by Crippen LogP contribution is 2.24. The van der Waals surface area contributed by atoms with Crippen LogP contribution in [0.2, 0.25) is 5.02 Å². The van der Waals surface area contributed by atoms with E-state index < -0.39 is 0 Å². The van der Waals surface area contributed by atoms with Crippen LogP contribution in [0, 0.1) is 5.41 Å². The maximum Gasteiger partial charge on any atom is 0.287 e. The van der Waals surface area contributed by atoms with Gasteiger partial charge in [0.15, 0.2) is 0 Å². The highest BCUT2D eigenvalue weighted by atomic mass is 35.5. The first-order valence-corrected chi connectivity index (χ1v) is 7.89. The fourth-order valence-corrected chi connectivity index (χ4v) is 2.25. The first-order chi connectivity index (χ1) is 9.91. The largest absolute Gasteiger partial charge is 0.396 e. The summed E-state index contributed by atoms with van der Waals surface area (Å²) in [4.78, 5) is 12.1. The van der Waals surface area contributed by atoms with Crippen LogP contribution >= 0.6 is 11.6 Å². The molecule has 0 spiro atoms. The minimum Gasteiger partial charge on any atom is -0.396 e. The number of hydrogen-bond acceptors (Lipinski definition) is 4. The maximum absolute atomic E-state index is 12.1. The van der Waals surface area contributed by atoms with Gasteiger partial charge >= 0.3 is 0 Å². The van der Waals surface area contributed by atoms with Crippen molar-refractivity contribution in [1.82, 2.24) is 9.78 Å². The summed E-state index contributed by atoms with van der Waals surface area (Å²) in [5.41, 5.74) is 0.345. The molecule has 0 aliphatic rings. The molecule has 0 aliphatic carbocycles. The Labute approximate surface area is 131 Å². The van der Waals surface area contributed by atoms with Crippen LogP contribution < -0.4 is 10.9 Å². The quantitative estimate of drug-likeness (QED) is 0.735. The molecule has 1 aromatic heterocycles. The number of anilines is 1. The predicted molar refractivity (Wildman–Crippen MR) is 87.0 cm³/mol. The fourth-order valence-electron chi connectivity index (χ4n) is 2.04. The van der Waals surface area contributed by atoms with Crippen molar-refractivity contribution in [3.63, 3.8) is 0 Å². The van der Waals surface area contributed by atoms with Gasteiger partial charge in [0.05, 0.1) is 11.9 Å². The summed E-state index contributed by atoms with van der Waals surface area (Å²) in [6, 6.07) is 0. The molecule has 1 heterocycles. The molecule has 2 N–H and O–H groups in total. The first-order valence-electron chi connectivity index (χ1n) is 7.51. The molecule has 21 heavy (non-hydrogen) atoms. The highest BCUT2D eigenvalue weighted by molar-refractivity contribution is 6.32. The van der Waals surface area contributed by atoms with E-state index in [2.05, 4.69) is 31.2 Å². The Morgan fingerprint density at radius 3 is 2.76 bits per heavy atom. The van der Waals surface area contributed by atoms with E-state index in [4.69, 9.17) is 16.7 Å². The summed E-state index contributed by atoms with van der Waals surface area (Å²) in [6.45, 7) is 7.75. The van der Waals surface area contributed by atoms with Gasteiger partial charge in [0.1, 0.15) is 5.02 Å². The lowest BCUT2D eigenvalue weighted by Gasteiger charge is -2.25. The van der Waals surface area contributed by atoms with Crippen molar-refractivity contribution in [2.24, 2.45) is 5.41 Å². The van der Waals surface area contributed by atoms with E-state index >= 15 is 0 Å². The molecule has 0 amide bonds. The zero-order valence-electron chi connectivity index (χ0n) is 13.2. The summed E-state index contributed by atoms with van der Waals surface area (Å²) in [5, 5.41) is 16.4. The third-order valence-corrected chi connectivity index (χ3v) is 3.84. The molecule has 0 unspecified atom stereocenters. The zero-order chi connectivity index (χ0) is 15.9. The third-order valence-electron chi connectivity index (χ3n) is 3.48. The molecule has 1 rings (SSSR count). The zero-order valence-corrected chi connectivity index (χ0v) is 13.9. The van der Waals surface area contributed by atoms with E-state index in [1.54, 1.807) is 6.20 Å². The molecule has 0 saturated carbocycles. The predicted octanol–water partition coefficient (Wildman–Crippen LogP) is 2.91. The molecule has 0 aliphatic heterocycles. The van der Waals surface area contributed by atoms with Crippen LogP contribution in [-0.2, 0) is 6.54 Å². The summed E-state index contributed by atoms with van der Waals surface area (Å²) in [7, 11) is 0. The Kier molecular flexibility index (Phi) is 7.18. The minimum atomic E-state index is -0.247. The molecule has 0 fully saturated rings. The van der Waals surface area contributed by atoms with E-state index in [-0.39, 0.29) is 22.6 Å². The molecular formula is C15H26ClN3O2. The van der Waals surface area contributed by atoms with Crippen molar-refractivity contribution in [3.8, 4) is 0 Å². The maximum atomic E-state index is 12.1. The number of aliphatic hydroxyl groups is 1. The second-order valence-electron chi connectivity index (χ2n) is 6.10. The van der Waals surface area contributed by atoms with Gasteiger partial charge in [-0.3, -0.25) is 4.79 Å². The van der Waals surface area contributed by atoms with Crippen molar-refractivity contribution >= 4 is 17.3 Å². The van der Waals surface area contributed by atoms with Gasteiger partial charge in [-0.2, -0.15) is 5.10 Å². The van der Waals surface area contributed by atoms with Gasteiger partial charge in [-0.1, -0.05) is 38.8 Å². The number of halogens is 1. The van der Waals surface area contributed by atoms with Gasteiger partial charge in [-0.25, -0.2) is 4.68 Å². The van der Waals surface area contributed by atoms with Gasteiger partial charge in [0.25, 0.3) is 5.56 Å². The van der Waals surface area contributed by atoms with Gasteiger partial charge in [0, 0.05) is 19.7 Å². The van der Waals surface area contributed by atoms with E-state index in [1.165, 1.54) is 4.68 Å². The summed E-state index contributed by atoms with van der Waals surface area (Å²) >= 11 is 6.13. The molecule has 0 bridgehead atoms. The second kappa shape index (κ2) is 8.39.